The van der Waals surface area contributed by atoms with E-state index in [-0.39, 0.29) is 30.9 Å². The van der Waals surface area contributed by atoms with Gasteiger partial charge in [-0.05, 0) is 49.2 Å². The first kappa shape index (κ1) is 19.0. The molecule has 142 valence electrons. The molecule has 1 aliphatic rings. The molecule has 2 amide bonds. The van der Waals surface area contributed by atoms with Crippen molar-refractivity contribution in [3.05, 3.63) is 53.1 Å². The molecule has 0 atom stereocenters. The molecule has 0 aliphatic heterocycles. The van der Waals surface area contributed by atoms with Gasteiger partial charge >= 0.3 is 0 Å². The van der Waals surface area contributed by atoms with Gasteiger partial charge in [0.15, 0.2) is 0 Å². The van der Waals surface area contributed by atoms with Gasteiger partial charge in [0.1, 0.15) is 11.5 Å². The average Bonchev–Trinajstić information content (AvgIpc) is 3.46. The summed E-state index contributed by atoms with van der Waals surface area (Å²) in [5.41, 5.74) is 0.826. The van der Waals surface area contributed by atoms with E-state index >= 15 is 0 Å². The highest BCUT2D eigenvalue weighted by Gasteiger charge is 2.25. The molecule has 0 aromatic heterocycles. The van der Waals surface area contributed by atoms with Crippen LogP contribution < -0.4 is 20.1 Å². The van der Waals surface area contributed by atoms with Crippen LogP contribution in [0.1, 0.15) is 29.6 Å². The van der Waals surface area contributed by atoms with Crippen LogP contribution in [-0.4, -0.2) is 31.6 Å². The minimum atomic E-state index is -0.248. The number of carbonyl (C=O) groups is 2. The fraction of sp³-hybridized carbons (Fsp3) is 0.300. The molecule has 2 N–H and O–H groups in total. The molecule has 0 heterocycles. The molecule has 0 bridgehead atoms. The maximum absolute atomic E-state index is 12.4. The Kier molecular flexibility index (Phi) is 6.19. The van der Waals surface area contributed by atoms with Gasteiger partial charge in [-0.2, -0.15) is 0 Å². The van der Waals surface area contributed by atoms with Crippen LogP contribution in [0.15, 0.2) is 42.5 Å². The molecule has 2 aromatic carbocycles. The van der Waals surface area contributed by atoms with Gasteiger partial charge in [-0.25, -0.2) is 0 Å². The number of benzene rings is 2. The number of methoxy groups -OCH3 is 1. The molecule has 0 unspecified atom stereocenters. The topological polar surface area (TPSA) is 76.7 Å². The summed E-state index contributed by atoms with van der Waals surface area (Å²) in [7, 11) is 1.53. The molecule has 2 aromatic rings. The third kappa shape index (κ3) is 5.62. The number of carbonyl (C=O) groups excluding carboxylic acids is 2. The summed E-state index contributed by atoms with van der Waals surface area (Å²) in [6.45, 7) is 0.200. The second-order valence-electron chi connectivity index (χ2n) is 6.26. The highest BCUT2D eigenvalue weighted by molar-refractivity contribution is 6.30. The Labute approximate surface area is 162 Å². The monoisotopic (exact) mass is 388 g/mol. The third-order valence-electron chi connectivity index (χ3n) is 4.05. The smallest absolute Gasteiger partial charge is 0.253 e. The van der Waals surface area contributed by atoms with E-state index in [0.29, 0.717) is 27.8 Å². The van der Waals surface area contributed by atoms with Gasteiger partial charge < -0.3 is 20.1 Å². The summed E-state index contributed by atoms with van der Waals surface area (Å²) in [5, 5.41) is 6.27. The summed E-state index contributed by atoms with van der Waals surface area (Å²) in [6, 6.07) is 12.2. The normalized spacial score (nSPS) is 13.0. The first-order valence-corrected chi connectivity index (χ1v) is 9.10. The van der Waals surface area contributed by atoms with E-state index in [0.717, 1.165) is 12.8 Å². The zero-order chi connectivity index (χ0) is 19.2. The predicted molar refractivity (Wildman–Crippen MR) is 104 cm³/mol. The van der Waals surface area contributed by atoms with Crippen LogP contribution in [0.2, 0.25) is 5.02 Å². The zero-order valence-corrected chi connectivity index (χ0v) is 15.7. The summed E-state index contributed by atoms with van der Waals surface area (Å²) < 4.78 is 10.7. The first-order chi connectivity index (χ1) is 13.0. The van der Waals surface area contributed by atoms with Crippen molar-refractivity contribution in [2.24, 2.45) is 0 Å². The molecular formula is C20H21ClN2O4. The number of hydrogen-bond donors (Lipinski definition) is 2. The van der Waals surface area contributed by atoms with Crippen LogP contribution in [0, 0.1) is 0 Å². The fourth-order valence-electron chi connectivity index (χ4n) is 2.47. The van der Waals surface area contributed by atoms with Crippen molar-refractivity contribution in [3.8, 4) is 11.5 Å². The molecule has 1 aliphatic carbocycles. The quantitative estimate of drug-likeness (QED) is 0.723. The van der Waals surface area contributed by atoms with Gasteiger partial charge in [0, 0.05) is 11.1 Å². The number of hydrogen-bond acceptors (Lipinski definition) is 4. The number of amides is 2. The van der Waals surface area contributed by atoms with Crippen LogP contribution in [0.3, 0.4) is 0 Å². The molecule has 0 spiro atoms. The molecule has 0 radical (unpaired) electrons. The van der Waals surface area contributed by atoms with Crippen LogP contribution in [0.4, 0.5) is 5.69 Å². The SMILES string of the molecule is COc1ccc(NC(=O)CCOc2cccc(Cl)c2)c(C(=O)NC2CC2)c1. The van der Waals surface area contributed by atoms with Gasteiger partial charge in [0.2, 0.25) is 5.91 Å². The Morgan fingerprint density at radius 3 is 2.67 bits per heavy atom. The maximum Gasteiger partial charge on any atom is 0.253 e. The third-order valence-corrected chi connectivity index (χ3v) is 4.29. The van der Waals surface area contributed by atoms with Crippen LogP contribution in [0.25, 0.3) is 0 Å². The van der Waals surface area contributed by atoms with Crippen LogP contribution in [0.5, 0.6) is 11.5 Å². The van der Waals surface area contributed by atoms with Gasteiger partial charge in [-0.3, -0.25) is 9.59 Å². The minimum Gasteiger partial charge on any atom is -0.497 e. The van der Waals surface area contributed by atoms with E-state index in [9.17, 15) is 9.59 Å². The number of ether oxygens (including phenoxy) is 2. The van der Waals surface area contributed by atoms with E-state index in [1.165, 1.54) is 7.11 Å². The molecule has 6 nitrogen and oxygen atoms in total. The second kappa shape index (κ2) is 8.77. The molecule has 1 saturated carbocycles. The molecule has 3 rings (SSSR count). The first-order valence-electron chi connectivity index (χ1n) is 8.72. The van der Waals surface area contributed by atoms with Gasteiger partial charge in [-0.1, -0.05) is 17.7 Å². The Bertz CT molecular complexity index is 836. The molecule has 0 saturated heterocycles. The highest BCUT2D eigenvalue weighted by atomic mass is 35.5. The number of rotatable bonds is 8. The van der Waals surface area contributed by atoms with Gasteiger partial charge in [0.05, 0.1) is 31.4 Å². The Morgan fingerprint density at radius 1 is 1.15 bits per heavy atom. The van der Waals surface area contributed by atoms with Crippen molar-refractivity contribution in [2.75, 3.05) is 19.0 Å². The minimum absolute atomic E-state index is 0.141. The second-order valence-corrected chi connectivity index (χ2v) is 6.70. The number of nitrogens with one attached hydrogen (secondary N) is 2. The molecule has 27 heavy (non-hydrogen) atoms. The summed E-state index contributed by atoms with van der Waals surface area (Å²) in [6.07, 6.45) is 2.11. The van der Waals surface area contributed by atoms with Crippen molar-refractivity contribution in [3.63, 3.8) is 0 Å². The lowest BCUT2D eigenvalue weighted by molar-refractivity contribution is -0.116. The number of halogens is 1. The lowest BCUT2D eigenvalue weighted by atomic mass is 10.1. The Balaban J connectivity index is 1.59. The van der Waals surface area contributed by atoms with Crippen molar-refractivity contribution in [2.45, 2.75) is 25.3 Å². The predicted octanol–water partition coefficient (Wildman–Crippen LogP) is 3.65. The Morgan fingerprint density at radius 2 is 1.96 bits per heavy atom. The largest absolute Gasteiger partial charge is 0.497 e. The van der Waals surface area contributed by atoms with Crippen molar-refractivity contribution in [1.82, 2.24) is 5.32 Å². The van der Waals surface area contributed by atoms with Crippen LogP contribution >= 0.6 is 11.6 Å². The zero-order valence-electron chi connectivity index (χ0n) is 15.0. The van der Waals surface area contributed by atoms with Crippen molar-refractivity contribution in [1.29, 1.82) is 0 Å². The maximum atomic E-state index is 12.4. The highest BCUT2D eigenvalue weighted by Crippen LogP contribution is 2.25. The van der Waals surface area contributed by atoms with E-state index in [2.05, 4.69) is 10.6 Å². The number of anilines is 1. The molecule has 7 heteroatoms. The lowest BCUT2D eigenvalue weighted by Crippen LogP contribution is -2.27. The molecule has 1 fully saturated rings. The van der Waals surface area contributed by atoms with Crippen molar-refractivity contribution < 1.29 is 19.1 Å². The van der Waals surface area contributed by atoms with E-state index < -0.39 is 0 Å². The summed E-state index contributed by atoms with van der Waals surface area (Å²) in [5.74, 6) is 0.687. The van der Waals surface area contributed by atoms with E-state index in [4.69, 9.17) is 21.1 Å². The van der Waals surface area contributed by atoms with Gasteiger partial charge in [0.25, 0.3) is 5.91 Å². The average molecular weight is 389 g/mol. The summed E-state index contributed by atoms with van der Waals surface area (Å²) in [4.78, 5) is 24.7. The van der Waals surface area contributed by atoms with Crippen LogP contribution in [-0.2, 0) is 4.79 Å². The van der Waals surface area contributed by atoms with Crippen molar-refractivity contribution >= 4 is 29.1 Å². The standard InChI is InChI=1S/C20H21ClN2O4/c1-26-15-7-8-18(17(12-15)20(25)22-14-5-6-14)23-19(24)9-10-27-16-4-2-3-13(21)11-16/h2-4,7-8,11-12,14H,5-6,9-10H2,1H3,(H,22,25)(H,23,24). The van der Waals surface area contributed by atoms with E-state index in [1.807, 2.05) is 0 Å². The van der Waals surface area contributed by atoms with E-state index in [1.54, 1.807) is 42.5 Å². The summed E-state index contributed by atoms with van der Waals surface area (Å²) >= 11 is 5.90. The lowest BCUT2D eigenvalue weighted by Gasteiger charge is -2.13. The van der Waals surface area contributed by atoms with Gasteiger partial charge in [-0.15, -0.1) is 0 Å². The fourth-order valence-corrected chi connectivity index (χ4v) is 2.65. The Hall–Kier alpha value is -2.73. The molecular weight excluding hydrogens is 368 g/mol.